The van der Waals surface area contributed by atoms with Crippen molar-refractivity contribution in [3.05, 3.63) is 23.8 Å². The molecule has 1 aromatic carbocycles. The molecule has 1 aromatic rings. The lowest BCUT2D eigenvalue weighted by Gasteiger charge is -2.28. The lowest BCUT2D eigenvalue weighted by Crippen LogP contribution is -2.33. The fraction of sp³-hybridized carbons (Fsp3) is 0.462. The highest BCUT2D eigenvalue weighted by molar-refractivity contribution is 6.32. The predicted molar refractivity (Wildman–Crippen MR) is 77.0 cm³/mol. The van der Waals surface area contributed by atoms with Gasteiger partial charge < -0.3 is 16.8 Å². The van der Waals surface area contributed by atoms with Crippen LogP contribution in [0.1, 0.15) is 36.0 Å². The zero-order valence-corrected chi connectivity index (χ0v) is 10.8. The van der Waals surface area contributed by atoms with Gasteiger partial charge in [-0.1, -0.05) is 11.5 Å². The molecule has 0 heterocycles. The maximum atomic E-state index is 11.4. The Labute approximate surface area is 109 Å². The fourth-order valence-corrected chi connectivity index (χ4v) is 2.48. The average Bonchev–Trinajstić information content (AvgIpc) is 2.32. The van der Waals surface area contributed by atoms with E-state index in [-0.39, 0.29) is 5.91 Å². The van der Waals surface area contributed by atoms with Gasteiger partial charge in [0.1, 0.15) is 7.85 Å². The first-order chi connectivity index (χ1) is 8.56. The highest BCUT2D eigenvalue weighted by Gasteiger charge is 2.19. The number of carbonyl (C=O) groups is 1. The van der Waals surface area contributed by atoms with Crippen LogP contribution >= 0.6 is 0 Å². The van der Waals surface area contributed by atoms with Crippen molar-refractivity contribution in [1.82, 2.24) is 0 Å². The minimum Gasteiger partial charge on any atom is -0.382 e. The summed E-state index contributed by atoms with van der Waals surface area (Å²) in [6.45, 7) is 0. The third kappa shape index (κ3) is 3.04. The molecule has 0 atom stereocenters. The molecule has 96 valence electrons. The Hall–Kier alpha value is -1.49. The van der Waals surface area contributed by atoms with Crippen LogP contribution in [0.15, 0.2) is 18.2 Å². The second-order valence-electron chi connectivity index (χ2n) is 5.17. The van der Waals surface area contributed by atoms with Crippen LogP contribution in [0.5, 0.6) is 0 Å². The van der Waals surface area contributed by atoms with Gasteiger partial charge in [0.25, 0.3) is 5.91 Å². The van der Waals surface area contributed by atoms with Gasteiger partial charge in [0.2, 0.25) is 0 Å². The van der Waals surface area contributed by atoms with Crippen LogP contribution in [-0.4, -0.2) is 25.8 Å². The van der Waals surface area contributed by atoms with E-state index in [4.69, 9.17) is 11.5 Å². The zero-order chi connectivity index (χ0) is 13.1. The maximum absolute atomic E-state index is 11.4. The Bertz CT molecular complexity index is 442. The summed E-state index contributed by atoms with van der Waals surface area (Å²) < 4.78 is 0. The molecule has 1 fully saturated rings. The van der Waals surface area contributed by atoms with Gasteiger partial charge in [-0.05, 0) is 37.8 Å². The van der Waals surface area contributed by atoms with Crippen LogP contribution in [0, 0.1) is 0 Å². The standard InChI is InChI=1S/C13H20BN3O/c14-8-1-6-11(13(16)18)12(7-8)17-10-4-2-9(15)3-5-10/h1,6-7,9-10,17H,2-5,14-15H2,(H2,16,18)/t9-,10-. The first-order valence-corrected chi connectivity index (χ1v) is 6.49. The maximum Gasteiger partial charge on any atom is 0.250 e. The summed E-state index contributed by atoms with van der Waals surface area (Å²) in [5.74, 6) is -0.384. The van der Waals surface area contributed by atoms with Crippen molar-refractivity contribution < 1.29 is 4.79 Å². The van der Waals surface area contributed by atoms with Crippen LogP contribution in [0.3, 0.4) is 0 Å². The topological polar surface area (TPSA) is 81.1 Å². The summed E-state index contributed by atoms with van der Waals surface area (Å²) in [5, 5.41) is 3.44. The first kappa shape index (κ1) is 13.0. The molecule has 0 aliphatic heterocycles. The molecule has 1 amide bonds. The number of rotatable bonds is 3. The van der Waals surface area contributed by atoms with Crippen LogP contribution in [0.25, 0.3) is 0 Å². The second-order valence-corrected chi connectivity index (χ2v) is 5.17. The highest BCUT2D eigenvalue weighted by Crippen LogP contribution is 2.22. The summed E-state index contributed by atoms with van der Waals surface area (Å²) in [6.07, 6.45) is 4.17. The molecular formula is C13H20BN3O. The Morgan fingerprint density at radius 3 is 2.56 bits per heavy atom. The van der Waals surface area contributed by atoms with Crippen molar-refractivity contribution in [1.29, 1.82) is 0 Å². The zero-order valence-electron chi connectivity index (χ0n) is 10.8. The molecule has 4 nitrogen and oxygen atoms in total. The molecule has 0 unspecified atom stereocenters. The normalized spacial score (nSPS) is 23.6. The third-order valence-corrected chi connectivity index (χ3v) is 3.57. The summed E-state index contributed by atoms with van der Waals surface area (Å²) in [5.41, 5.74) is 13.8. The summed E-state index contributed by atoms with van der Waals surface area (Å²) in [4.78, 5) is 11.4. The van der Waals surface area contributed by atoms with Gasteiger partial charge in [-0.3, -0.25) is 4.79 Å². The average molecular weight is 245 g/mol. The van der Waals surface area contributed by atoms with E-state index >= 15 is 0 Å². The van der Waals surface area contributed by atoms with E-state index in [1.165, 1.54) is 0 Å². The number of nitrogens with two attached hydrogens (primary N) is 2. The fourth-order valence-electron chi connectivity index (χ4n) is 2.48. The van der Waals surface area contributed by atoms with E-state index in [1.807, 2.05) is 20.0 Å². The van der Waals surface area contributed by atoms with Crippen molar-refractivity contribution in [3.8, 4) is 0 Å². The predicted octanol–water partition coefficient (Wildman–Crippen LogP) is -0.274. The number of primary amides is 1. The Kier molecular flexibility index (Phi) is 3.92. The van der Waals surface area contributed by atoms with Gasteiger partial charge in [-0.15, -0.1) is 0 Å². The molecule has 0 saturated heterocycles. The molecule has 18 heavy (non-hydrogen) atoms. The van der Waals surface area contributed by atoms with Crippen molar-refractivity contribution in [3.63, 3.8) is 0 Å². The quantitative estimate of drug-likeness (QED) is 0.641. The molecule has 2 rings (SSSR count). The minimum atomic E-state index is -0.384. The monoisotopic (exact) mass is 245 g/mol. The van der Waals surface area contributed by atoms with Crippen LogP contribution in [0.4, 0.5) is 5.69 Å². The van der Waals surface area contributed by atoms with E-state index in [9.17, 15) is 4.79 Å². The smallest absolute Gasteiger partial charge is 0.250 e. The van der Waals surface area contributed by atoms with E-state index < -0.39 is 0 Å². The summed E-state index contributed by atoms with van der Waals surface area (Å²) in [6, 6.07) is 6.39. The van der Waals surface area contributed by atoms with E-state index in [0.29, 0.717) is 17.6 Å². The molecule has 0 aromatic heterocycles. The molecule has 5 heteroatoms. The Morgan fingerprint density at radius 1 is 1.28 bits per heavy atom. The van der Waals surface area contributed by atoms with Gasteiger partial charge in [0, 0.05) is 17.8 Å². The SMILES string of the molecule is Bc1ccc(C(N)=O)c(N[C@H]2CC[C@H](N)CC2)c1. The largest absolute Gasteiger partial charge is 0.382 e. The Balaban J connectivity index is 2.12. The molecule has 0 radical (unpaired) electrons. The van der Waals surface area contributed by atoms with Crippen molar-refractivity contribution in [2.45, 2.75) is 37.8 Å². The molecule has 1 saturated carbocycles. The molecule has 0 spiro atoms. The van der Waals surface area contributed by atoms with Crippen LogP contribution in [-0.2, 0) is 0 Å². The molecule has 1 aliphatic carbocycles. The molecule has 5 N–H and O–H groups in total. The lowest BCUT2D eigenvalue weighted by atomic mass is 9.90. The number of benzene rings is 1. The number of amides is 1. The Morgan fingerprint density at radius 2 is 1.94 bits per heavy atom. The number of hydrogen-bond acceptors (Lipinski definition) is 3. The van der Waals surface area contributed by atoms with Crippen LogP contribution < -0.4 is 22.2 Å². The highest BCUT2D eigenvalue weighted by atomic mass is 16.1. The minimum absolute atomic E-state index is 0.330. The number of nitrogens with one attached hydrogen (secondary N) is 1. The molecule has 0 bridgehead atoms. The number of carbonyl (C=O) groups excluding carboxylic acids is 1. The van der Waals surface area contributed by atoms with Gasteiger partial charge in [-0.25, -0.2) is 0 Å². The summed E-state index contributed by atoms with van der Waals surface area (Å²) in [7, 11) is 2.01. The first-order valence-electron chi connectivity index (χ1n) is 6.49. The second kappa shape index (κ2) is 5.44. The van der Waals surface area contributed by atoms with E-state index in [2.05, 4.69) is 5.32 Å². The lowest BCUT2D eigenvalue weighted by molar-refractivity contribution is 0.100. The van der Waals surface area contributed by atoms with Gasteiger partial charge in [-0.2, -0.15) is 0 Å². The van der Waals surface area contributed by atoms with Gasteiger partial charge >= 0.3 is 0 Å². The molecule has 1 aliphatic rings. The summed E-state index contributed by atoms with van der Waals surface area (Å²) >= 11 is 0. The van der Waals surface area contributed by atoms with Crippen LogP contribution in [0.2, 0.25) is 0 Å². The van der Waals surface area contributed by atoms with Gasteiger partial charge in [0.15, 0.2) is 0 Å². The number of anilines is 1. The van der Waals surface area contributed by atoms with Crippen molar-refractivity contribution >= 4 is 24.9 Å². The van der Waals surface area contributed by atoms with Crippen molar-refractivity contribution in [2.75, 3.05) is 5.32 Å². The molecular weight excluding hydrogens is 225 g/mol. The third-order valence-electron chi connectivity index (χ3n) is 3.57. The van der Waals surface area contributed by atoms with E-state index in [0.717, 1.165) is 36.8 Å². The van der Waals surface area contributed by atoms with Crippen molar-refractivity contribution in [2.24, 2.45) is 11.5 Å². The number of hydrogen-bond donors (Lipinski definition) is 3. The van der Waals surface area contributed by atoms with E-state index in [1.54, 1.807) is 6.07 Å². The van der Waals surface area contributed by atoms with Gasteiger partial charge in [0.05, 0.1) is 5.56 Å².